The van der Waals surface area contributed by atoms with Gasteiger partial charge in [0.2, 0.25) is 0 Å². The molecule has 0 nitrogen and oxygen atoms in total. The van der Waals surface area contributed by atoms with Gasteiger partial charge in [-0.05, 0) is 18.3 Å². The summed E-state index contributed by atoms with van der Waals surface area (Å²) in [5, 5.41) is 0. The van der Waals surface area contributed by atoms with Gasteiger partial charge in [0, 0.05) is 6.42 Å². The molecular weight excluding hydrogens is 120 g/mol. The Morgan fingerprint density at radius 2 is 2.00 bits per heavy atom. The molecule has 0 saturated heterocycles. The molecule has 0 bridgehead atoms. The molecule has 0 fully saturated rings. The highest BCUT2D eigenvalue weighted by atomic mass is 14.2. The van der Waals surface area contributed by atoms with Crippen LogP contribution in [-0.4, -0.2) is 0 Å². The van der Waals surface area contributed by atoms with Crippen molar-refractivity contribution in [3.63, 3.8) is 0 Å². The average molecular weight is 138 g/mol. The zero-order valence-corrected chi connectivity index (χ0v) is 7.41. The Bertz CT molecular complexity index is 118. The Morgan fingerprint density at radius 3 is 2.30 bits per heavy atom. The fourth-order valence-electron chi connectivity index (χ4n) is 1.24. The van der Waals surface area contributed by atoms with E-state index >= 15 is 0 Å². The van der Waals surface area contributed by atoms with Crippen LogP contribution >= 0.6 is 0 Å². The summed E-state index contributed by atoms with van der Waals surface area (Å²) in [5.74, 6) is 2.74. The third-order valence-electron chi connectivity index (χ3n) is 2.24. The second-order valence-corrected chi connectivity index (χ2v) is 3.30. The first-order valence-electron chi connectivity index (χ1n) is 4.12. The fourth-order valence-corrected chi connectivity index (χ4v) is 1.24. The predicted octanol–water partition coefficient (Wildman–Crippen LogP) is 3.23. The van der Waals surface area contributed by atoms with Crippen LogP contribution in [0.15, 0.2) is 0 Å². The predicted molar refractivity (Wildman–Crippen MR) is 46.8 cm³/mol. The van der Waals surface area contributed by atoms with Crippen LogP contribution in [0.4, 0.5) is 0 Å². The van der Waals surface area contributed by atoms with Gasteiger partial charge in [-0.1, -0.05) is 27.2 Å². The maximum atomic E-state index is 5.27. The molecule has 0 heteroatoms. The number of hydrogen-bond donors (Lipinski definition) is 0. The molecule has 58 valence electrons. The molecule has 0 aromatic carbocycles. The summed E-state index contributed by atoms with van der Waals surface area (Å²) in [6, 6.07) is 0. The number of rotatable bonds is 4. The van der Waals surface area contributed by atoms with Crippen LogP contribution in [0.25, 0.3) is 0 Å². The minimum Gasteiger partial charge on any atom is -0.120 e. The molecule has 0 radical (unpaired) electrons. The summed E-state index contributed by atoms with van der Waals surface area (Å²) in [6.07, 6.45) is 9.90. The van der Waals surface area contributed by atoms with E-state index in [0.29, 0.717) is 5.41 Å². The number of terminal acetylenes is 1. The SMILES string of the molecule is C#CCC(C)(CC)CCC. The minimum atomic E-state index is 0.406. The van der Waals surface area contributed by atoms with Gasteiger partial charge in [0.15, 0.2) is 0 Å². The molecule has 0 rings (SSSR count). The van der Waals surface area contributed by atoms with Crippen LogP contribution in [0.1, 0.15) is 46.5 Å². The van der Waals surface area contributed by atoms with Crippen LogP contribution < -0.4 is 0 Å². The third kappa shape index (κ3) is 2.92. The van der Waals surface area contributed by atoms with Crippen LogP contribution in [-0.2, 0) is 0 Å². The average Bonchev–Trinajstić information content (AvgIpc) is 1.89. The molecular formula is C10H18. The van der Waals surface area contributed by atoms with E-state index in [9.17, 15) is 0 Å². The van der Waals surface area contributed by atoms with Gasteiger partial charge < -0.3 is 0 Å². The summed E-state index contributed by atoms with van der Waals surface area (Å²) in [6.45, 7) is 6.70. The van der Waals surface area contributed by atoms with E-state index in [-0.39, 0.29) is 0 Å². The van der Waals surface area contributed by atoms with Gasteiger partial charge in [0.25, 0.3) is 0 Å². The van der Waals surface area contributed by atoms with E-state index in [1.54, 1.807) is 0 Å². The normalized spacial score (nSPS) is 15.8. The highest BCUT2D eigenvalue weighted by Crippen LogP contribution is 2.30. The standard InChI is InChI=1S/C10H18/c1-5-8-10(4,7-3)9-6-2/h1H,6-9H2,2-4H3. The smallest absolute Gasteiger partial charge is 0.0140 e. The Morgan fingerprint density at radius 1 is 1.40 bits per heavy atom. The van der Waals surface area contributed by atoms with Crippen molar-refractivity contribution in [2.75, 3.05) is 0 Å². The third-order valence-corrected chi connectivity index (χ3v) is 2.24. The molecule has 0 N–H and O–H groups in total. The van der Waals surface area contributed by atoms with Crippen LogP contribution in [0.2, 0.25) is 0 Å². The van der Waals surface area contributed by atoms with Crippen molar-refractivity contribution in [3.8, 4) is 12.3 Å². The second-order valence-electron chi connectivity index (χ2n) is 3.30. The molecule has 0 aliphatic heterocycles. The van der Waals surface area contributed by atoms with E-state index in [4.69, 9.17) is 6.42 Å². The first-order chi connectivity index (χ1) is 4.68. The Balaban J connectivity index is 3.84. The molecule has 0 spiro atoms. The van der Waals surface area contributed by atoms with Gasteiger partial charge in [-0.15, -0.1) is 12.3 Å². The first kappa shape index (κ1) is 9.56. The Labute approximate surface area is 65.0 Å². The molecule has 1 unspecified atom stereocenters. The summed E-state index contributed by atoms with van der Waals surface area (Å²) in [4.78, 5) is 0. The maximum Gasteiger partial charge on any atom is 0.0140 e. The lowest BCUT2D eigenvalue weighted by molar-refractivity contribution is 0.290. The Kier molecular flexibility index (Phi) is 4.19. The second kappa shape index (κ2) is 4.39. The van der Waals surface area contributed by atoms with E-state index in [2.05, 4.69) is 26.7 Å². The monoisotopic (exact) mass is 138 g/mol. The van der Waals surface area contributed by atoms with Gasteiger partial charge in [-0.2, -0.15) is 0 Å². The van der Waals surface area contributed by atoms with Crippen LogP contribution in [0.5, 0.6) is 0 Å². The van der Waals surface area contributed by atoms with E-state index < -0.39 is 0 Å². The van der Waals surface area contributed by atoms with Gasteiger partial charge in [-0.25, -0.2) is 0 Å². The zero-order valence-electron chi connectivity index (χ0n) is 7.41. The lowest BCUT2D eigenvalue weighted by atomic mass is 9.80. The molecule has 0 aromatic heterocycles. The lowest BCUT2D eigenvalue weighted by Gasteiger charge is -2.24. The van der Waals surface area contributed by atoms with E-state index in [0.717, 1.165) is 6.42 Å². The van der Waals surface area contributed by atoms with Crippen LogP contribution in [0.3, 0.4) is 0 Å². The van der Waals surface area contributed by atoms with Crippen molar-refractivity contribution in [2.45, 2.75) is 46.5 Å². The summed E-state index contributed by atoms with van der Waals surface area (Å²) < 4.78 is 0. The van der Waals surface area contributed by atoms with Gasteiger partial charge in [0.1, 0.15) is 0 Å². The van der Waals surface area contributed by atoms with Crippen molar-refractivity contribution in [3.05, 3.63) is 0 Å². The minimum absolute atomic E-state index is 0.406. The lowest BCUT2D eigenvalue weighted by Crippen LogP contribution is -2.13. The van der Waals surface area contributed by atoms with Crippen molar-refractivity contribution in [2.24, 2.45) is 5.41 Å². The molecule has 0 heterocycles. The van der Waals surface area contributed by atoms with Crippen molar-refractivity contribution < 1.29 is 0 Å². The highest BCUT2D eigenvalue weighted by Gasteiger charge is 2.18. The van der Waals surface area contributed by atoms with Crippen molar-refractivity contribution in [1.82, 2.24) is 0 Å². The topological polar surface area (TPSA) is 0 Å². The molecule has 10 heavy (non-hydrogen) atoms. The Hall–Kier alpha value is -0.440. The highest BCUT2D eigenvalue weighted by molar-refractivity contribution is 4.91. The van der Waals surface area contributed by atoms with Gasteiger partial charge in [-0.3, -0.25) is 0 Å². The maximum absolute atomic E-state index is 5.27. The molecule has 0 aromatic rings. The quantitative estimate of drug-likeness (QED) is 0.523. The zero-order chi connectivity index (χ0) is 8.04. The number of hydrogen-bond acceptors (Lipinski definition) is 0. The molecule has 0 aliphatic rings. The van der Waals surface area contributed by atoms with Gasteiger partial charge in [0.05, 0.1) is 0 Å². The molecule has 0 saturated carbocycles. The summed E-state index contributed by atoms with van der Waals surface area (Å²) in [7, 11) is 0. The summed E-state index contributed by atoms with van der Waals surface area (Å²) in [5.41, 5.74) is 0.406. The van der Waals surface area contributed by atoms with Crippen LogP contribution in [0, 0.1) is 17.8 Å². The molecule has 0 aliphatic carbocycles. The van der Waals surface area contributed by atoms with Crippen molar-refractivity contribution in [1.29, 1.82) is 0 Å². The van der Waals surface area contributed by atoms with Gasteiger partial charge >= 0.3 is 0 Å². The molecule has 1 atom stereocenters. The largest absolute Gasteiger partial charge is 0.120 e. The van der Waals surface area contributed by atoms with E-state index in [1.165, 1.54) is 19.3 Å². The molecule has 0 amide bonds. The summed E-state index contributed by atoms with van der Waals surface area (Å²) >= 11 is 0. The fraction of sp³-hybridized carbons (Fsp3) is 0.800. The first-order valence-corrected chi connectivity index (χ1v) is 4.12. The van der Waals surface area contributed by atoms with E-state index in [1.807, 2.05) is 0 Å². The van der Waals surface area contributed by atoms with Crippen molar-refractivity contribution >= 4 is 0 Å².